The standard InChI is InChI=1S/C14H15NO3/c1-3-9(2)15-13(16)11-8-10-6-4-5-7-12(10)18-14(11)17/h4-9H,3H2,1-2H3,(H,15,16)/t9-/m0/s1. The SMILES string of the molecule is CC[C@H](C)NC(=O)c1cc2ccccc2oc1=O. The van der Waals surface area contributed by atoms with E-state index in [0.29, 0.717) is 5.58 Å². The average Bonchev–Trinajstić information content (AvgIpc) is 2.37. The topological polar surface area (TPSA) is 59.3 Å². The third kappa shape index (κ3) is 2.42. The van der Waals surface area contributed by atoms with Crippen LogP contribution in [0.25, 0.3) is 11.0 Å². The summed E-state index contributed by atoms with van der Waals surface area (Å²) in [5.41, 5.74) is -0.0638. The van der Waals surface area contributed by atoms with Crippen molar-refractivity contribution in [1.82, 2.24) is 5.32 Å². The van der Waals surface area contributed by atoms with Crippen LogP contribution in [0.4, 0.5) is 0 Å². The van der Waals surface area contributed by atoms with Crippen LogP contribution in [0.2, 0.25) is 0 Å². The molecule has 0 radical (unpaired) electrons. The molecular formula is C14H15NO3. The molecule has 0 unspecified atom stereocenters. The van der Waals surface area contributed by atoms with E-state index < -0.39 is 5.63 Å². The summed E-state index contributed by atoms with van der Waals surface area (Å²) < 4.78 is 5.11. The molecule has 1 aromatic heterocycles. The van der Waals surface area contributed by atoms with Gasteiger partial charge in [0.1, 0.15) is 11.1 Å². The maximum absolute atomic E-state index is 11.9. The molecule has 2 rings (SSSR count). The first-order valence-electron chi connectivity index (χ1n) is 5.95. The molecular weight excluding hydrogens is 230 g/mol. The van der Waals surface area contributed by atoms with Crippen molar-refractivity contribution in [1.29, 1.82) is 0 Å². The van der Waals surface area contributed by atoms with Crippen LogP contribution in [0, 0.1) is 0 Å². The number of nitrogens with one attached hydrogen (secondary N) is 1. The van der Waals surface area contributed by atoms with Gasteiger partial charge in [-0.3, -0.25) is 4.79 Å². The van der Waals surface area contributed by atoms with Gasteiger partial charge in [-0.05, 0) is 25.5 Å². The average molecular weight is 245 g/mol. The summed E-state index contributed by atoms with van der Waals surface area (Å²) in [5, 5.41) is 3.49. The summed E-state index contributed by atoms with van der Waals surface area (Å²) in [4.78, 5) is 23.6. The minimum atomic E-state index is -0.602. The fraction of sp³-hybridized carbons (Fsp3) is 0.286. The summed E-state index contributed by atoms with van der Waals surface area (Å²) in [6, 6.07) is 8.72. The minimum Gasteiger partial charge on any atom is -0.422 e. The van der Waals surface area contributed by atoms with Crippen LogP contribution in [0.3, 0.4) is 0 Å². The Labute approximate surface area is 105 Å². The first kappa shape index (κ1) is 12.4. The Morgan fingerprint density at radius 2 is 2.11 bits per heavy atom. The van der Waals surface area contributed by atoms with E-state index in [0.717, 1.165) is 11.8 Å². The molecule has 0 saturated heterocycles. The van der Waals surface area contributed by atoms with Gasteiger partial charge in [0, 0.05) is 11.4 Å². The number of hydrogen-bond donors (Lipinski definition) is 1. The second kappa shape index (κ2) is 5.04. The zero-order chi connectivity index (χ0) is 13.1. The maximum Gasteiger partial charge on any atom is 0.349 e. The molecule has 1 atom stereocenters. The molecule has 4 heteroatoms. The Hall–Kier alpha value is -2.10. The number of hydrogen-bond acceptors (Lipinski definition) is 3. The molecule has 1 aromatic carbocycles. The third-order valence-corrected chi connectivity index (χ3v) is 2.88. The molecule has 0 fully saturated rings. The largest absolute Gasteiger partial charge is 0.422 e. The highest BCUT2D eigenvalue weighted by Crippen LogP contribution is 2.12. The van der Waals surface area contributed by atoms with Crippen LogP contribution in [0.5, 0.6) is 0 Å². The quantitative estimate of drug-likeness (QED) is 0.844. The van der Waals surface area contributed by atoms with Crippen LogP contribution in [0.1, 0.15) is 30.6 Å². The zero-order valence-electron chi connectivity index (χ0n) is 10.4. The smallest absolute Gasteiger partial charge is 0.349 e. The third-order valence-electron chi connectivity index (χ3n) is 2.88. The van der Waals surface area contributed by atoms with Gasteiger partial charge in [0.05, 0.1) is 0 Å². The van der Waals surface area contributed by atoms with Crippen molar-refractivity contribution in [3.63, 3.8) is 0 Å². The molecule has 1 N–H and O–H groups in total. The first-order valence-corrected chi connectivity index (χ1v) is 5.95. The predicted octanol–water partition coefficient (Wildman–Crippen LogP) is 2.32. The van der Waals surface area contributed by atoms with Crippen molar-refractivity contribution in [2.75, 3.05) is 0 Å². The van der Waals surface area contributed by atoms with Crippen molar-refractivity contribution in [2.24, 2.45) is 0 Å². The molecule has 1 heterocycles. The van der Waals surface area contributed by atoms with Crippen molar-refractivity contribution in [3.05, 3.63) is 46.3 Å². The van der Waals surface area contributed by atoms with Crippen LogP contribution in [-0.4, -0.2) is 11.9 Å². The summed E-state index contributed by atoms with van der Waals surface area (Å²) in [7, 11) is 0. The lowest BCUT2D eigenvalue weighted by Crippen LogP contribution is -2.34. The van der Waals surface area contributed by atoms with Crippen molar-refractivity contribution >= 4 is 16.9 Å². The molecule has 2 aromatic rings. The molecule has 18 heavy (non-hydrogen) atoms. The van der Waals surface area contributed by atoms with Crippen LogP contribution in [-0.2, 0) is 0 Å². The second-order valence-corrected chi connectivity index (χ2v) is 4.27. The Kier molecular flexibility index (Phi) is 3.46. The van der Waals surface area contributed by atoms with Crippen molar-refractivity contribution < 1.29 is 9.21 Å². The molecule has 0 saturated carbocycles. The fourth-order valence-corrected chi connectivity index (χ4v) is 1.62. The van der Waals surface area contributed by atoms with Crippen molar-refractivity contribution in [2.45, 2.75) is 26.3 Å². The first-order chi connectivity index (χ1) is 8.61. The fourth-order valence-electron chi connectivity index (χ4n) is 1.62. The second-order valence-electron chi connectivity index (χ2n) is 4.27. The Morgan fingerprint density at radius 3 is 2.83 bits per heavy atom. The van der Waals surface area contributed by atoms with Gasteiger partial charge >= 0.3 is 5.63 Å². The van der Waals surface area contributed by atoms with Crippen LogP contribution >= 0.6 is 0 Å². The van der Waals surface area contributed by atoms with Gasteiger partial charge in [0.15, 0.2) is 0 Å². The van der Waals surface area contributed by atoms with E-state index in [1.807, 2.05) is 19.9 Å². The molecule has 0 spiro atoms. The summed E-state index contributed by atoms with van der Waals surface area (Å²) in [5.74, 6) is -0.385. The van der Waals surface area contributed by atoms with E-state index in [-0.39, 0.29) is 17.5 Å². The number of rotatable bonds is 3. The summed E-state index contributed by atoms with van der Waals surface area (Å²) in [6.07, 6.45) is 0.810. The highest BCUT2D eigenvalue weighted by atomic mass is 16.4. The monoisotopic (exact) mass is 245 g/mol. The van der Waals surface area contributed by atoms with Gasteiger partial charge in [-0.25, -0.2) is 4.79 Å². The predicted molar refractivity (Wildman–Crippen MR) is 69.7 cm³/mol. The van der Waals surface area contributed by atoms with E-state index in [2.05, 4.69) is 5.32 Å². The number of fused-ring (bicyclic) bond motifs is 1. The van der Waals surface area contributed by atoms with Gasteiger partial charge in [0.2, 0.25) is 0 Å². The van der Waals surface area contributed by atoms with Crippen molar-refractivity contribution in [3.8, 4) is 0 Å². The molecule has 94 valence electrons. The molecule has 0 bridgehead atoms. The molecule has 0 aliphatic carbocycles. The van der Waals surface area contributed by atoms with Gasteiger partial charge in [0.25, 0.3) is 5.91 Å². The maximum atomic E-state index is 11.9. The van der Waals surface area contributed by atoms with Crippen LogP contribution < -0.4 is 10.9 Å². The van der Waals surface area contributed by atoms with E-state index in [4.69, 9.17) is 4.42 Å². The Morgan fingerprint density at radius 1 is 1.39 bits per heavy atom. The lowest BCUT2D eigenvalue weighted by Gasteiger charge is -2.10. The molecule has 1 amide bonds. The highest BCUT2D eigenvalue weighted by molar-refractivity contribution is 5.96. The molecule has 0 aliphatic rings. The Bertz CT molecular complexity index is 630. The Balaban J connectivity index is 2.42. The number of amides is 1. The van der Waals surface area contributed by atoms with Gasteiger partial charge in [-0.15, -0.1) is 0 Å². The highest BCUT2D eigenvalue weighted by Gasteiger charge is 2.14. The van der Waals surface area contributed by atoms with Gasteiger partial charge in [-0.1, -0.05) is 25.1 Å². The lowest BCUT2D eigenvalue weighted by molar-refractivity contribution is 0.0935. The lowest BCUT2D eigenvalue weighted by atomic mass is 10.1. The number of para-hydroxylation sites is 1. The minimum absolute atomic E-state index is 0.0309. The normalized spacial score (nSPS) is 12.3. The number of carbonyl (C=O) groups excluding carboxylic acids is 1. The number of carbonyl (C=O) groups is 1. The molecule has 0 aliphatic heterocycles. The molecule has 4 nitrogen and oxygen atoms in total. The number of benzene rings is 1. The summed E-state index contributed by atoms with van der Waals surface area (Å²) in [6.45, 7) is 3.86. The van der Waals surface area contributed by atoms with E-state index in [1.165, 1.54) is 0 Å². The van der Waals surface area contributed by atoms with E-state index >= 15 is 0 Å². The van der Waals surface area contributed by atoms with Gasteiger partial charge < -0.3 is 9.73 Å². The van der Waals surface area contributed by atoms with Crippen LogP contribution in [0.15, 0.2) is 39.5 Å². The zero-order valence-corrected chi connectivity index (χ0v) is 10.4. The summed E-state index contributed by atoms with van der Waals surface area (Å²) >= 11 is 0. The van der Waals surface area contributed by atoms with E-state index in [1.54, 1.807) is 24.3 Å². The van der Waals surface area contributed by atoms with E-state index in [9.17, 15) is 9.59 Å². The van der Waals surface area contributed by atoms with Gasteiger partial charge in [-0.2, -0.15) is 0 Å².